The second kappa shape index (κ2) is 4.34. The third-order valence-corrected chi connectivity index (χ3v) is 4.01. The number of rotatable bonds is 3. The van der Waals surface area contributed by atoms with E-state index in [1.165, 1.54) is 22.3 Å². The van der Waals surface area contributed by atoms with Gasteiger partial charge >= 0.3 is 0 Å². The molecule has 0 radical (unpaired) electrons. The fraction of sp³-hybridized carbons (Fsp3) is 0.278. The molecule has 0 N–H and O–H groups in total. The zero-order valence-electron chi connectivity index (χ0n) is 11.4. The van der Waals surface area contributed by atoms with E-state index in [2.05, 4.69) is 48.5 Å². The molecule has 1 aliphatic rings. The van der Waals surface area contributed by atoms with E-state index >= 15 is 0 Å². The third-order valence-electron chi connectivity index (χ3n) is 4.01. The predicted octanol–water partition coefficient (Wildman–Crippen LogP) is 4.41. The van der Waals surface area contributed by atoms with Crippen LogP contribution in [0.15, 0.2) is 48.5 Å². The molecule has 0 aromatic heterocycles. The van der Waals surface area contributed by atoms with Crippen LogP contribution in [0.5, 0.6) is 0 Å². The molecule has 96 valence electrons. The molecular weight excluding hydrogens is 232 g/mol. The minimum Gasteiger partial charge on any atom is -0.303 e. The van der Waals surface area contributed by atoms with Gasteiger partial charge in [0.25, 0.3) is 0 Å². The number of fused-ring (bicyclic) bond motifs is 3. The normalized spacial score (nSPS) is 14.0. The number of hydrogen-bond acceptors (Lipinski definition) is 1. The Labute approximate surface area is 114 Å². The van der Waals surface area contributed by atoms with Gasteiger partial charge in [0.2, 0.25) is 0 Å². The Balaban J connectivity index is 2.12. The minimum absolute atomic E-state index is 0.283. The molecule has 0 heterocycles. The molecule has 3 rings (SSSR count). The largest absolute Gasteiger partial charge is 0.303 e. The zero-order chi connectivity index (χ0) is 13.5. The lowest BCUT2D eigenvalue weighted by Crippen LogP contribution is -2.17. The lowest BCUT2D eigenvalue weighted by atomic mass is 9.80. The summed E-state index contributed by atoms with van der Waals surface area (Å²) in [6.07, 6.45) is 1.95. The maximum atomic E-state index is 11.2. The molecule has 0 unspecified atom stereocenters. The van der Waals surface area contributed by atoms with Crippen LogP contribution in [0.1, 0.15) is 37.3 Å². The monoisotopic (exact) mass is 250 g/mol. The first-order chi connectivity index (χ1) is 9.12. The molecule has 0 atom stereocenters. The number of carbonyl (C=O) groups is 1. The summed E-state index contributed by atoms with van der Waals surface area (Å²) < 4.78 is 0. The number of benzene rings is 2. The highest BCUT2D eigenvalue weighted by Gasteiger charge is 2.32. The molecule has 0 fully saturated rings. The predicted molar refractivity (Wildman–Crippen MR) is 78.2 cm³/mol. The Morgan fingerprint density at radius 1 is 0.947 bits per heavy atom. The molecule has 19 heavy (non-hydrogen) atoms. The molecule has 0 amide bonds. The Hall–Kier alpha value is -1.89. The molecule has 0 bridgehead atoms. The van der Waals surface area contributed by atoms with E-state index in [0.717, 1.165) is 12.7 Å². The van der Waals surface area contributed by atoms with Crippen molar-refractivity contribution in [3.05, 3.63) is 59.7 Å². The summed E-state index contributed by atoms with van der Waals surface area (Å²) in [6.45, 7) is 4.03. The summed E-state index contributed by atoms with van der Waals surface area (Å²) in [5.74, 6) is 0.340. The smallest absolute Gasteiger partial charge is 0.125 e. The van der Waals surface area contributed by atoms with Crippen LogP contribution in [0, 0.1) is 5.41 Å². The quantitative estimate of drug-likeness (QED) is 0.737. The minimum atomic E-state index is -0.283. The number of hydrogen-bond donors (Lipinski definition) is 0. The number of carbonyl (C=O) groups excluding carboxylic acids is 1. The second-order valence-electron chi connectivity index (χ2n) is 6.04. The van der Waals surface area contributed by atoms with Crippen LogP contribution in [0.2, 0.25) is 0 Å². The third kappa shape index (κ3) is 1.99. The Bertz CT molecular complexity index is 580. The summed E-state index contributed by atoms with van der Waals surface area (Å²) in [5, 5.41) is 0. The van der Waals surface area contributed by atoms with E-state index in [9.17, 15) is 4.79 Å². The number of aldehydes is 1. The van der Waals surface area contributed by atoms with Gasteiger partial charge < -0.3 is 4.79 Å². The van der Waals surface area contributed by atoms with Gasteiger partial charge in [0.05, 0.1) is 0 Å². The van der Waals surface area contributed by atoms with Gasteiger partial charge in [-0.1, -0.05) is 62.4 Å². The first-order valence-electron chi connectivity index (χ1n) is 6.77. The average Bonchev–Trinajstić information content (AvgIpc) is 2.74. The van der Waals surface area contributed by atoms with Crippen LogP contribution in [-0.4, -0.2) is 6.29 Å². The van der Waals surface area contributed by atoms with Crippen molar-refractivity contribution in [3.63, 3.8) is 0 Å². The fourth-order valence-corrected chi connectivity index (χ4v) is 3.05. The molecule has 1 nitrogen and oxygen atoms in total. The Kier molecular flexibility index (Phi) is 2.78. The van der Waals surface area contributed by atoms with E-state index in [0.29, 0.717) is 5.92 Å². The van der Waals surface area contributed by atoms with Crippen LogP contribution >= 0.6 is 0 Å². The van der Waals surface area contributed by atoms with Crippen LogP contribution in [0.4, 0.5) is 0 Å². The molecule has 0 spiro atoms. The van der Waals surface area contributed by atoms with Crippen molar-refractivity contribution in [2.75, 3.05) is 0 Å². The highest BCUT2D eigenvalue weighted by atomic mass is 16.1. The van der Waals surface area contributed by atoms with Crippen molar-refractivity contribution in [2.45, 2.75) is 26.2 Å². The molecule has 2 aromatic rings. The average molecular weight is 250 g/mol. The molecule has 0 saturated heterocycles. The first kappa shape index (κ1) is 12.2. The van der Waals surface area contributed by atoms with Gasteiger partial charge in [-0.25, -0.2) is 0 Å². The SMILES string of the molecule is CC(C)(C=O)CC1c2ccccc2-c2ccccc21. The van der Waals surface area contributed by atoms with Crippen molar-refractivity contribution in [3.8, 4) is 11.1 Å². The van der Waals surface area contributed by atoms with Crippen molar-refractivity contribution < 1.29 is 4.79 Å². The van der Waals surface area contributed by atoms with E-state index < -0.39 is 0 Å². The summed E-state index contributed by atoms with van der Waals surface area (Å²) >= 11 is 0. The summed E-state index contributed by atoms with van der Waals surface area (Å²) in [6, 6.07) is 17.1. The highest BCUT2D eigenvalue weighted by molar-refractivity contribution is 5.79. The van der Waals surface area contributed by atoms with Gasteiger partial charge in [-0.15, -0.1) is 0 Å². The molecule has 0 aliphatic heterocycles. The van der Waals surface area contributed by atoms with Crippen LogP contribution in [0.25, 0.3) is 11.1 Å². The summed E-state index contributed by atoms with van der Waals surface area (Å²) in [5.41, 5.74) is 5.08. The topological polar surface area (TPSA) is 17.1 Å². The maximum absolute atomic E-state index is 11.2. The van der Waals surface area contributed by atoms with E-state index in [-0.39, 0.29) is 5.41 Å². The van der Waals surface area contributed by atoms with Crippen LogP contribution in [0.3, 0.4) is 0 Å². The van der Waals surface area contributed by atoms with Crippen molar-refractivity contribution >= 4 is 6.29 Å². The Morgan fingerprint density at radius 2 is 1.42 bits per heavy atom. The first-order valence-corrected chi connectivity index (χ1v) is 6.77. The molecule has 0 saturated carbocycles. The fourth-order valence-electron chi connectivity index (χ4n) is 3.05. The van der Waals surface area contributed by atoms with Crippen molar-refractivity contribution in [2.24, 2.45) is 5.41 Å². The van der Waals surface area contributed by atoms with Gasteiger partial charge in [-0.2, -0.15) is 0 Å². The highest BCUT2D eigenvalue weighted by Crippen LogP contribution is 2.48. The van der Waals surface area contributed by atoms with Crippen molar-refractivity contribution in [1.29, 1.82) is 0 Å². The van der Waals surface area contributed by atoms with Crippen LogP contribution < -0.4 is 0 Å². The molecule has 1 aliphatic carbocycles. The van der Waals surface area contributed by atoms with Crippen molar-refractivity contribution in [1.82, 2.24) is 0 Å². The van der Waals surface area contributed by atoms with Gasteiger partial charge in [0.15, 0.2) is 0 Å². The Morgan fingerprint density at radius 3 is 1.89 bits per heavy atom. The lowest BCUT2D eigenvalue weighted by molar-refractivity contribution is -0.115. The van der Waals surface area contributed by atoms with Gasteiger partial charge in [0.1, 0.15) is 6.29 Å². The summed E-state index contributed by atoms with van der Waals surface area (Å²) in [4.78, 5) is 11.2. The van der Waals surface area contributed by atoms with E-state index in [4.69, 9.17) is 0 Å². The standard InChI is InChI=1S/C18H18O/c1-18(2,12-19)11-17-15-9-5-3-7-13(15)14-8-4-6-10-16(14)17/h3-10,12,17H,11H2,1-2H3. The molecule has 1 heteroatoms. The van der Waals surface area contributed by atoms with Gasteiger partial charge in [-0.05, 0) is 28.7 Å². The van der Waals surface area contributed by atoms with Crippen LogP contribution in [-0.2, 0) is 4.79 Å². The molecular formula is C18H18O. The van der Waals surface area contributed by atoms with E-state index in [1.54, 1.807) is 0 Å². The van der Waals surface area contributed by atoms with Gasteiger partial charge in [-0.3, -0.25) is 0 Å². The zero-order valence-corrected chi connectivity index (χ0v) is 11.4. The maximum Gasteiger partial charge on any atom is 0.125 e. The second-order valence-corrected chi connectivity index (χ2v) is 6.04. The van der Waals surface area contributed by atoms with Gasteiger partial charge in [0, 0.05) is 11.3 Å². The summed E-state index contributed by atoms with van der Waals surface area (Å²) in [7, 11) is 0. The lowest BCUT2D eigenvalue weighted by Gasteiger charge is -2.23. The van der Waals surface area contributed by atoms with E-state index in [1.807, 2.05) is 13.8 Å². The molecule has 2 aromatic carbocycles.